The summed E-state index contributed by atoms with van der Waals surface area (Å²) in [6, 6.07) is 19.4. The molecule has 0 spiro atoms. The molecule has 36 heavy (non-hydrogen) atoms. The van der Waals surface area contributed by atoms with Gasteiger partial charge in [-0.1, -0.05) is 87.8 Å². The summed E-state index contributed by atoms with van der Waals surface area (Å²) in [6.07, 6.45) is 19.3. The second-order valence-electron chi connectivity index (χ2n) is 11.2. The Morgan fingerprint density at radius 3 is 1.33 bits per heavy atom. The zero-order valence-corrected chi connectivity index (χ0v) is 23.7. The van der Waals surface area contributed by atoms with E-state index in [-0.39, 0.29) is 0 Å². The average Bonchev–Trinajstić information content (AvgIpc) is 2.94. The molecule has 0 heterocycles. The highest BCUT2D eigenvalue weighted by atomic mass is 32.2. The lowest BCUT2D eigenvalue weighted by Crippen LogP contribution is -2.49. The standard InChI is InChI=1S/C32H46N2S2/c1-3-15-27(16-4-1)35-31-21-11-7-13-25(31)23-33-29-19-9-10-20-30(29)34-24-26-14-8-12-22-32(26)36-28-17-5-2-6-18-28/h7-8,11-14,21-22,27-30,33-34H,1-6,9-10,15-20,23-24H2/t29-,30-/m1/s1. The first-order valence-corrected chi connectivity index (χ1v) is 16.6. The number of nitrogens with one attached hydrogen (secondary N) is 2. The van der Waals surface area contributed by atoms with Crippen LogP contribution in [0.25, 0.3) is 0 Å². The van der Waals surface area contributed by atoms with E-state index in [1.807, 2.05) is 0 Å². The molecule has 2 atom stereocenters. The van der Waals surface area contributed by atoms with Gasteiger partial charge in [0.2, 0.25) is 0 Å². The first kappa shape index (κ1) is 26.7. The van der Waals surface area contributed by atoms with Crippen LogP contribution in [0, 0.1) is 0 Å². The Morgan fingerprint density at radius 1 is 0.500 bits per heavy atom. The van der Waals surface area contributed by atoms with Crippen LogP contribution in [0.15, 0.2) is 58.3 Å². The molecular formula is C32H46N2S2. The molecule has 0 radical (unpaired) electrons. The maximum Gasteiger partial charge on any atom is 0.0224 e. The summed E-state index contributed by atoms with van der Waals surface area (Å²) >= 11 is 4.29. The molecule has 4 heteroatoms. The Balaban J connectivity index is 1.16. The number of rotatable bonds is 10. The smallest absolute Gasteiger partial charge is 0.0224 e. The van der Waals surface area contributed by atoms with Gasteiger partial charge in [0.15, 0.2) is 0 Å². The first-order valence-electron chi connectivity index (χ1n) is 14.8. The summed E-state index contributed by atoms with van der Waals surface area (Å²) in [4.78, 5) is 3.01. The highest BCUT2D eigenvalue weighted by molar-refractivity contribution is 8.00. The minimum Gasteiger partial charge on any atom is -0.308 e. The summed E-state index contributed by atoms with van der Waals surface area (Å²) in [5.41, 5.74) is 2.98. The highest BCUT2D eigenvalue weighted by Gasteiger charge is 2.25. The zero-order chi connectivity index (χ0) is 24.4. The Morgan fingerprint density at radius 2 is 0.889 bits per heavy atom. The van der Waals surface area contributed by atoms with Gasteiger partial charge in [0, 0.05) is 45.5 Å². The van der Waals surface area contributed by atoms with Crippen LogP contribution in [0.3, 0.4) is 0 Å². The van der Waals surface area contributed by atoms with Gasteiger partial charge < -0.3 is 10.6 Å². The molecule has 0 aromatic heterocycles. The largest absolute Gasteiger partial charge is 0.308 e. The van der Waals surface area contributed by atoms with E-state index in [1.165, 1.54) is 111 Å². The molecule has 196 valence electrons. The summed E-state index contributed by atoms with van der Waals surface area (Å²) in [5.74, 6) is 0. The van der Waals surface area contributed by atoms with Gasteiger partial charge in [-0.3, -0.25) is 0 Å². The Bertz CT molecular complexity index is 844. The summed E-state index contributed by atoms with van der Waals surface area (Å²) < 4.78 is 0. The molecule has 2 N–H and O–H groups in total. The van der Waals surface area contributed by atoms with Crippen molar-refractivity contribution in [2.24, 2.45) is 0 Å². The SMILES string of the molecule is c1ccc(SC2CCCCC2)c(CN[C@@H]2CCCC[C@H]2NCc2ccccc2SC2CCCCC2)c1. The molecule has 0 unspecified atom stereocenters. The monoisotopic (exact) mass is 522 g/mol. The van der Waals surface area contributed by atoms with Crippen LogP contribution in [0.5, 0.6) is 0 Å². The molecule has 2 aromatic carbocycles. The Hall–Kier alpha value is -0.940. The lowest BCUT2D eigenvalue weighted by molar-refractivity contribution is 0.280. The third-order valence-electron chi connectivity index (χ3n) is 8.51. The van der Waals surface area contributed by atoms with E-state index in [9.17, 15) is 0 Å². The highest BCUT2D eigenvalue weighted by Crippen LogP contribution is 2.36. The predicted molar refractivity (Wildman–Crippen MR) is 158 cm³/mol. The van der Waals surface area contributed by atoms with Gasteiger partial charge in [-0.05, 0) is 61.8 Å². The Labute approximate surface area is 228 Å². The van der Waals surface area contributed by atoms with Crippen molar-refractivity contribution in [2.45, 2.75) is 135 Å². The van der Waals surface area contributed by atoms with Crippen molar-refractivity contribution in [3.63, 3.8) is 0 Å². The van der Waals surface area contributed by atoms with E-state index in [2.05, 4.69) is 82.7 Å². The van der Waals surface area contributed by atoms with Crippen LogP contribution in [0.4, 0.5) is 0 Å². The van der Waals surface area contributed by atoms with E-state index >= 15 is 0 Å². The Kier molecular flexibility index (Phi) is 10.6. The molecular weight excluding hydrogens is 477 g/mol. The normalized spacial score (nSPS) is 24.1. The van der Waals surface area contributed by atoms with Gasteiger partial charge in [0.25, 0.3) is 0 Å². The quantitative estimate of drug-likeness (QED) is 0.326. The molecule has 2 nitrogen and oxygen atoms in total. The number of hydrogen-bond donors (Lipinski definition) is 2. The fourth-order valence-electron chi connectivity index (χ4n) is 6.36. The van der Waals surface area contributed by atoms with Crippen LogP contribution in [0.1, 0.15) is 101 Å². The van der Waals surface area contributed by atoms with Crippen molar-refractivity contribution < 1.29 is 0 Å². The van der Waals surface area contributed by atoms with Crippen LogP contribution >= 0.6 is 23.5 Å². The van der Waals surface area contributed by atoms with E-state index in [1.54, 1.807) is 0 Å². The molecule has 3 fully saturated rings. The topological polar surface area (TPSA) is 24.1 Å². The molecule has 3 aliphatic rings. The van der Waals surface area contributed by atoms with E-state index < -0.39 is 0 Å². The lowest BCUT2D eigenvalue weighted by Gasteiger charge is -2.34. The van der Waals surface area contributed by atoms with Crippen molar-refractivity contribution >= 4 is 23.5 Å². The maximum absolute atomic E-state index is 4.00. The van der Waals surface area contributed by atoms with Gasteiger partial charge >= 0.3 is 0 Å². The van der Waals surface area contributed by atoms with Crippen molar-refractivity contribution in [3.8, 4) is 0 Å². The number of hydrogen-bond acceptors (Lipinski definition) is 4. The molecule has 0 aliphatic heterocycles. The predicted octanol–water partition coefficient (Wildman–Crippen LogP) is 8.73. The number of thioether (sulfide) groups is 2. The van der Waals surface area contributed by atoms with Gasteiger partial charge in [0.05, 0.1) is 0 Å². The molecule has 3 aliphatic carbocycles. The molecule has 0 amide bonds. The third kappa shape index (κ3) is 7.79. The summed E-state index contributed by atoms with van der Waals surface area (Å²) in [7, 11) is 0. The summed E-state index contributed by atoms with van der Waals surface area (Å²) in [5, 5.41) is 9.63. The molecule has 3 saturated carbocycles. The van der Waals surface area contributed by atoms with Crippen molar-refractivity contribution in [1.82, 2.24) is 10.6 Å². The average molecular weight is 523 g/mol. The van der Waals surface area contributed by atoms with E-state index in [0.29, 0.717) is 12.1 Å². The third-order valence-corrected chi connectivity index (χ3v) is 11.4. The van der Waals surface area contributed by atoms with Gasteiger partial charge in [-0.2, -0.15) is 0 Å². The first-order chi connectivity index (χ1) is 17.8. The van der Waals surface area contributed by atoms with Crippen LogP contribution in [0.2, 0.25) is 0 Å². The van der Waals surface area contributed by atoms with Gasteiger partial charge in [-0.25, -0.2) is 0 Å². The fraction of sp³-hybridized carbons (Fsp3) is 0.625. The molecule has 5 rings (SSSR count). The van der Waals surface area contributed by atoms with Crippen LogP contribution < -0.4 is 10.6 Å². The lowest BCUT2D eigenvalue weighted by atomic mass is 9.90. The van der Waals surface area contributed by atoms with Crippen molar-refractivity contribution in [1.29, 1.82) is 0 Å². The van der Waals surface area contributed by atoms with Crippen molar-refractivity contribution in [2.75, 3.05) is 0 Å². The second kappa shape index (κ2) is 14.3. The maximum atomic E-state index is 4.00. The van der Waals surface area contributed by atoms with Gasteiger partial charge in [-0.15, -0.1) is 23.5 Å². The van der Waals surface area contributed by atoms with Crippen molar-refractivity contribution in [3.05, 3.63) is 59.7 Å². The van der Waals surface area contributed by atoms with E-state index in [4.69, 9.17) is 0 Å². The zero-order valence-electron chi connectivity index (χ0n) is 22.1. The second-order valence-corrected chi connectivity index (χ2v) is 13.9. The minimum atomic E-state index is 0.560. The van der Waals surface area contributed by atoms with E-state index in [0.717, 1.165) is 23.6 Å². The molecule has 0 bridgehead atoms. The van der Waals surface area contributed by atoms with Crippen LogP contribution in [-0.2, 0) is 13.1 Å². The number of benzene rings is 2. The van der Waals surface area contributed by atoms with Gasteiger partial charge in [0.1, 0.15) is 0 Å². The molecule has 0 saturated heterocycles. The van der Waals surface area contributed by atoms with Crippen LogP contribution in [-0.4, -0.2) is 22.6 Å². The summed E-state index contributed by atoms with van der Waals surface area (Å²) in [6.45, 7) is 1.99. The fourth-order valence-corrected chi connectivity index (χ4v) is 9.11. The minimum absolute atomic E-state index is 0.560. The molecule has 2 aromatic rings.